The van der Waals surface area contributed by atoms with Crippen LogP contribution < -0.4 is 11.3 Å². The lowest BCUT2D eigenvalue weighted by Gasteiger charge is -2.25. The summed E-state index contributed by atoms with van der Waals surface area (Å²) in [6.07, 6.45) is 5.65. The average Bonchev–Trinajstić information content (AvgIpc) is 2.44. The van der Waals surface area contributed by atoms with Gasteiger partial charge in [-0.15, -0.1) is 0 Å². The molecule has 0 aliphatic carbocycles. The highest BCUT2D eigenvalue weighted by molar-refractivity contribution is 5.79. The lowest BCUT2D eigenvalue weighted by Crippen LogP contribution is -2.45. The zero-order valence-electron chi connectivity index (χ0n) is 13.0. The minimum atomic E-state index is 0.758. The highest BCUT2D eigenvalue weighted by Crippen LogP contribution is 2.00. The van der Waals surface area contributed by atoms with Crippen LogP contribution in [0.2, 0.25) is 0 Å². The molecule has 0 rings (SSSR count). The molecule has 19 heavy (non-hydrogen) atoms. The standard InChI is InChI=1S/C14H32N4O/c1-4-7-11-18(12-8-5-2)14(17-15)16-10-9-13-19-6-3/h4-13,15H2,1-3H3,(H,16,17). The molecule has 0 radical (unpaired) electrons. The maximum Gasteiger partial charge on any atom is 0.208 e. The molecule has 0 amide bonds. The minimum absolute atomic E-state index is 0.758. The smallest absolute Gasteiger partial charge is 0.208 e. The molecule has 0 aromatic heterocycles. The molecule has 0 heterocycles. The van der Waals surface area contributed by atoms with Crippen LogP contribution in [0.4, 0.5) is 0 Å². The van der Waals surface area contributed by atoms with Crippen molar-refractivity contribution in [3.63, 3.8) is 0 Å². The van der Waals surface area contributed by atoms with Crippen LogP contribution in [-0.2, 0) is 4.74 Å². The molecule has 0 spiro atoms. The summed E-state index contributed by atoms with van der Waals surface area (Å²) in [6.45, 7) is 10.7. The van der Waals surface area contributed by atoms with Gasteiger partial charge in [-0.3, -0.25) is 10.4 Å². The normalized spacial score (nSPS) is 11.7. The highest BCUT2D eigenvalue weighted by Gasteiger charge is 2.08. The largest absolute Gasteiger partial charge is 0.382 e. The summed E-state index contributed by atoms with van der Waals surface area (Å²) in [6, 6.07) is 0. The van der Waals surface area contributed by atoms with E-state index in [4.69, 9.17) is 10.6 Å². The van der Waals surface area contributed by atoms with Crippen molar-refractivity contribution in [2.45, 2.75) is 52.9 Å². The summed E-state index contributed by atoms with van der Waals surface area (Å²) >= 11 is 0. The summed E-state index contributed by atoms with van der Waals surface area (Å²) in [7, 11) is 0. The van der Waals surface area contributed by atoms with Crippen LogP contribution in [0.3, 0.4) is 0 Å². The van der Waals surface area contributed by atoms with Crippen LogP contribution in [0.15, 0.2) is 4.99 Å². The molecule has 0 unspecified atom stereocenters. The van der Waals surface area contributed by atoms with Crippen molar-refractivity contribution in [2.24, 2.45) is 10.8 Å². The number of nitrogens with zero attached hydrogens (tertiary/aromatic N) is 2. The van der Waals surface area contributed by atoms with Crippen molar-refractivity contribution in [1.29, 1.82) is 0 Å². The van der Waals surface area contributed by atoms with Crippen LogP contribution in [0, 0.1) is 0 Å². The van der Waals surface area contributed by atoms with Crippen molar-refractivity contribution in [2.75, 3.05) is 32.8 Å². The van der Waals surface area contributed by atoms with Crippen molar-refractivity contribution in [3.8, 4) is 0 Å². The zero-order chi connectivity index (χ0) is 14.3. The van der Waals surface area contributed by atoms with Gasteiger partial charge in [0, 0.05) is 32.8 Å². The van der Waals surface area contributed by atoms with E-state index in [9.17, 15) is 0 Å². The van der Waals surface area contributed by atoms with Gasteiger partial charge in [0.25, 0.3) is 0 Å². The van der Waals surface area contributed by atoms with Gasteiger partial charge in [0.1, 0.15) is 0 Å². The summed E-state index contributed by atoms with van der Waals surface area (Å²) < 4.78 is 5.30. The van der Waals surface area contributed by atoms with E-state index in [1.165, 1.54) is 25.7 Å². The second-order valence-electron chi connectivity index (χ2n) is 4.59. The van der Waals surface area contributed by atoms with Gasteiger partial charge >= 0.3 is 0 Å². The molecule has 0 bridgehead atoms. The molecule has 3 N–H and O–H groups in total. The van der Waals surface area contributed by atoms with Crippen molar-refractivity contribution in [3.05, 3.63) is 0 Å². The summed E-state index contributed by atoms with van der Waals surface area (Å²) in [4.78, 5) is 6.80. The molecule has 0 atom stereocenters. The van der Waals surface area contributed by atoms with E-state index >= 15 is 0 Å². The fraction of sp³-hybridized carbons (Fsp3) is 0.929. The number of ether oxygens (including phenoxy) is 1. The van der Waals surface area contributed by atoms with Gasteiger partial charge in [-0.05, 0) is 26.2 Å². The first kappa shape index (κ1) is 18.2. The second kappa shape index (κ2) is 13.6. The van der Waals surface area contributed by atoms with E-state index in [2.05, 4.69) is 29.2 Å². The third-order valence-corrected chi connectivity index (χ3v) is 2.90. The number of nitrogens with one attached hydrogen (secondary N) is 1. The van der Waals surface area contributed by atoms with Crippen molar-refractivity contribution >= 4 is 5.96 Å². The number of rotatable bonds is 11. The number of guanidine groups is 1. The number of hydrazine groups is 1. The SMILES string of the molecule is CCCCN(CCCC)C(=NCCCOCC)NN. The molecule has 5 heteroatoms. The van der Waals surface area contributed by atoms with Crippen LogP contribution in [0.25, 0.3) is 0 Å². The molecule has 0 aliphatic rings. The molecule has 114 valence electrons. The molecule has 0 saturated heterocycles. The molecule has 0 aliphatic heterocycles. The Morgan fingerprint density at radius 1 is 1.11 bits per heavy atom. The van der Waals surface area contributed by atoms with E-state index in [0.29, 0.717) is 0 Å². The van der Waals surface area contributed by atoms with Crippen LogP contribution in [0.5, 0.6) is 0 Å². The van der Waals surface area contributed by atoms with E-state index in [-0.39, 0.29) is 0 Å². The van der Waals surface area contributed by atoms with E-state index < -0.39 is 0 Å². The predicted molar refractivity (Wildman–Crippen MR) is 82.1 cm³/mol. The lowest BCUT2D eigenvalue weighted by molar-refractivity contribution is 0.146. The van der Waals surface area contributed by atoms with E-state index in [1.54, 1.807) is 0 Å². The Balaban J connectivity index is 4.22. The molecule has 5 nitrogen and oxygen atoms in total. The second-order valence-corrected chi connectivity index (χ2v) is 4.59. The number of hydrogen-bond acceptors (Lipinski definition) is 3. The average molecular weight is 272 g/mol. The Morgan fingerprint density at radius 3 is 2.21 bits per heavy atom. The fourth-order valence-electron chi connectivity index (χ4n) is 1.75. The highest BCUT2D eigenvalue weighted by atomic mass is 16.5. The predicted octanol–water partition coefficient (Wildman–Crippen LogP) is 2.13. The first-order chi connectivity index (χ1) is 9.29. The van der Waals surface area contributed by atoms with Crippen LogP contribution in [0.1, 0.15) is 52.9 Å². The molecule has 0 saturated carbocycles. The van der Waals surface area contributed by atoms with Crippen LogP contribution in [-0.4, -0.2) is 43.7 Å². The Morgan fingerprint density at radius 2 is 1.74 bits per heavy atom. The summed E-state index contributed by atoms with van der Waals surface area (Å²) in [5.74, 6) is 6.42. The van der Waals surface area contributed by atoms with Gasteiger partial charge in [-0.1, -0.05) is 26.7 Å². The maximum absolute atomic E-state index is 5.60. The monoisotopic (exact) mass is 272 g/mol. The van der Waals surface area contributed by atoms with Gasteiger partial charge in [-0.25, -0.2) is 5.84 Å². The van der Waals surface area contributed by atoms with Crippen molar-refractivity contribution < 1.29 is 4.74 Å². The number of unbranched alkanes of at least 4 members (excludes halogenated alkanes) is 2. The van der Waals surface area contributed by atoms with Gasteiger partial charge < -0.3 is 9.64 Å². The summed E-state index contributed by atoms with van der Waals surface area (Å²) in [5, 5.41) is 0. The fourth-order valence-corrected chi connectivity index (χ4v) is 1.75. The van der Waals surface area contributed by atoms with Crippen LogP contribution >= 0.6 is 0 Å². The Bertz CT molecular complexity index is 213. The van der Waals surface area contributed by atoms with E-state index in [0.717, 1.165) is 45.2 Å². The third-order valence-electron chi connectivity index (χ3n) is 2.90. The minimum Gasteiger partial charge on any atom is -0.382 e. The first-order valence-electron chi connectivity index (χ1n) is 7.63. The number of aliphatic imine (C=N–C) groups is 1. The molecular weight excluding hydrogens is 240 g/mol. The zero-order valence-corrected chi connectivity index (χ0v) is 13.0. The number of nitrogens with two attached hydrogens (primary N) is 1. The lowest BCUT2D eigenvalue weighted by atomic mass is 10.3. The topological polar surface area (TPSA) is 62.9 Å². The molecule has 0 aromatic rings. The molecular formula is C14H32N4O. The van der Waals surface area contributed by atoms with Gasteiger partial charge in [0.15, 0.2) is 0 Å². The van der Waals surface area contributed by atoms with Gasteiger partial charge in [0.05, 0.1) is 0 Å². The Labute approximate surface area is 118 Å². The van der Waals surface area contributed by atoms with Gasteiger partial charge in [-0.2, -0.15) is 0 Å². The Kier molecular flexibility index (Phi) is 13.0. The summed E-state index contributed by atoms with van der Waals surface area (Å²) in [5.41, 5.74) is 2.75. The Hall–Kier alpha value is -0.810. The number of hydrogen-bond donors (Lipinski definition) is 2. The first-order valence-corrected chi connectivity index (χ1v) is 7.63. The maximum atomic E-state index is 5.60. The quantitative estimate of drug-likeness (QED) is 0.199. The third kappa shape index (κ3) is 9.73. The van der Waals surface area contributed by atoms with Crippen molar-refractivity contribution in [1.82, 2.24) is 10.3 Å². The van der Waals surface area contributed by atoms with E-state index in [1.807, 2.05) is 6.92 Å². The molecule has 0 aromatic carbocycles. The van der Waals surface area contributed by atoms with Gasteiger partial charge in [0.2, 0.25) is 5.96 Å². The molecule has 0 fully saturated rings.